The lowest BCUT2D eigenvalue weighted by molar-refractivity contribution is 0.549. The van der Waals surface area contributed by atoms with Gasteiger partial charge in [-0.2, -0.15) is 0 Å². The van der Waals surface area contributed by atoms with Crippen LogP contribution in [-0.2, 0) is 6.54 Å². The zero-order valence-electron chi connectivity index (χ0n) is 13.7. The van der Waals surface area contributed by atoms with Crippen molar-refractivity contribution in [3.8, 4) is 0 Å². The van der Waals surface area contributed by atoms with Gasteiger partial charge in [0.1, 0.15) is 0 Å². The molecule has 1 aliphatic carbocycles. The quantitative estimate of drug-likeness (QED) is 0.745. The second-order valence-corrected chi connectivity index (χ2v) is 7.44. The SMILES string of the molecule is CCN(c1ccc(Br)cc1CNCC(C)C)C1CCCC1. The first kappa shape index (κ1) is 16.8. The summed E-state index contributed by atoms with van der Waals surface area (Å²) >= 11 is 3.63. The van der Waals surface area contributed by atoms with Crippen molar-refractivity contribution in [1.82, 2.24) is 5.32 Å². The van der Waals surface area contributed by atoms with Crippen molar-refractivity contribution >= 4 is 21.6 Å². The molecule has 2 rings (SSSR count). The Morgan fingerprint density at radius 3 is 2.62 bits per heavy atom. The van der Waals surface area contributed by atoms with E-state index in [-0.39, 0.29) is 0 Å². The Hall–Kier alpha value is -0.540. The van der Waals surface area contributed by atoms with E-state index < -0.39 is 0 Å². The van der Waals surface area contributed by atoms with Crippen LogP contribution in [0.25, 0.3) is 0 Å². The van der Waals surface area contributed by atoms with Crippen molar-refractivity contribution in [3.05, 3.63) is 28.2 Å². The van der Waals surface area contributed by atoms with Gasteiger partial charge in [-0.15, -0.1) is 0 Å². The summed E-state index contributed by atoms with van der Waals surface area (Å²) in [5.74, 6) is 0.692. The molecular formula is C18H29BrN2. The Bertz CT molecular complexity index is 439. The van der Waals surface area contributed by atoms with E-state index in [0.717, 1.165) is 25.7 Å². The van der Waals surface area contributed by atoms with Crippen molar-refractivity contribution < 1.29 is 0 Å². The minimum absolute atomic E-state index is 0.692. The fraction of sp³-hybridized carbons (Fsp3) is 0.667. The maximum Gasteiger partial charge on any atom is 0.0415 e. The van der Waals surface area contributed by atoms with Crippen LogP contribution in [0.3, 0.4) is 0 Å². The highest BCUT2D eigenvalue weighted by molar-refractivity contribution is 9.10. The minimum Gasteiger partial charge on any atom is -0.369 e. The molecule has 0 aliphatic heterocycles. The van der Waals surface area contributed by atoms with Crippen LogP contribution in [-0.4, -0.2) is 19.1 Å². The number of halogens is 1. The largest absolute Gasteiger partial charge is 0.369 e. The summed E-state index contributed by atoms with van der Waals surface area (Å²) in [6.07, 6.45) is 5.47. The zero-order valence-corrected chi connectivity index (χ0v) is 15.2. The van der Waals surface area contributed by atoms with E-state index in [1.54, 1.807) is 0 Å². The van der Waals surface area contributed by atoms with Crippen molar-refractivity contribution in [3.63, 3.8) is 0 Å². The normalized spacial score (nSPS) is 15.9. The summed E-state index contributed by atoms with van der Waals surface area (Å²) in [5.41, 5.74) is 2.84. The summed E-state index contributed by atoms with van der Waals surface area (Å²) < 4.78 is 1.18. The highest BCUT2D eigenvalue weighted by Crippen LogP contribution is 2.31. The minimum atomic E-state index is 0.692. The first-order chi connectivity index (χ1) is 10.1. The average Bonchev–Trinajstić information content (AvgIpc) is 2.95. The van der Waals surface area contributed by atoms with Gasteiger partial charge in [-0.1, -0.05) is 42.6 Å². The molecule has 0 radical (unpaired) electrons. The number of rotatable bonds is 7. The fourth-order valence-electron chi connectivity index (χ4n) is 3.31. The molecule has 2 nitrogen and oxygen atoms in total. The third-order valence-electron chi connectivity index (χ3n) is 4.33. The number of hydrogen-bond donors (Lipinski definition) is 1. The molecule has 1 aromatic rings. The molecule has 0 unspecified atom stereocenters. The lowest BCUT2D eigenvalue weighted by atomic mass is 10.1. The van der Waals surface area contributed by atoms with Gasteiger partial charge in [0.05, 0.1) is 0 Å². The lowest BCUT2D eigenvalue weighted by Gasteiger charge is -2.32. The summed E-state index contributed by atoms with van der Waals surface area (Å²) in [7, 11) is 0. The fourth-order valence-corrected chi connectivity index (χ4v) is 3.72. The van der Waals surface area contributed by atoms with Gasteiger partial charge in [0.2, 0.25) is 0 Å². The monoisotopic (exact) mass is 352 g/mol. The highest BCUT2D eigenvalue weighted by atomic mass is 79.9. The molecule has 0 atom stereocenters. The van der Waals surface area contributed by atoms with Crippen LogP contribution in [0.5, 0.6) is 0 Å². The van der Waals surface area contributed by atoms with E-state index in [4.69, 9.17) is 0 Å². The number of hydrogen-bond acceptors (Lipinski definition) is 2. The third-order valence-corrected chi connectivity index (χ3v) is 4.82. The molecule has 1 N–H and O–H groups in total. The van der Waals surface area contributed by atoms with Crippen molar-refractivity contribution in [2.45, 2.75) is 59.0 Å². The first-order valence-corrected chi connectivity index (χ1v) is 9.17. The van der Waals surface area contributed by atoms with Crippen LogP contribution in [0.4, 0.5) is 5.69 Å². The zero-order chi connectivity index (χ0) is 15.2. The number of anilines is 1. The van der Waals surface area contributed by atoms with Crippen LogP contribution < -0.4 is 10.2 Å². The lowest BCUT2D eigenvalue weighted by Crippen LogP contribution is -2.34. The smallest absolute Gasteiger partial charge is 0.0415 e. The Morgan fingerprint density at radius 2 is 2.00 bits per heavy atom. The van der Waals surface area contributed by atoms with Gasteiger partial charge in [0.25, 0.3) is 0 Å². The Balaban J connectivity index is 2.15. The second kappa shape index (κ2) is 8.19. The predicted octanol–water partition coefficient (Wildman–Crippen LogP) is 4.96. The van der Waals surface area contributed by atoms with Gasteiger partial charge in [-0.25, -0.2) is 0 Å². The molecule has 0 aromatic heterocycles. The standard InChI is InChI=1S/C18H29BrN2/c1-4-21(17-7-5-6-8-17)18-10-9-16(19)11-15(18)13-20-12-14(2)3/h9-11,14,17,20H,4-8,12-13H2,1-3H3. The summed E-state index contributed by atoms with van der Waals surface area (Å²) in [5, 5.41) is 3.59. The molecule has 0 heterocycles. The van der Waals surface area contributed by atoms with E-state index in [1.807, 2.05) is 0 Å². The van der Waals surface area contributed by atoms with Crippen LogP contribution in [0.1, 0.15) is 52.0 Å². The maximum atomic E-state index is 3.63. The van der Waals surface area contributed by atoms with Crippen LogP contribution in [0, 0.1) is 5.92 Å². The average molecular weight is 353 g/mol. The number of nitrogens with zero attached hydrogens (tertiary/aromatic N) is 1. The molecule has 1 aliphatic rings. The second-order valence-electron chi connectivity index (χ2n) is 6.52. The Kier molecular flexibility index (Phi) is 6.56. The summed E-state index contributed by atoms with van der Waals surface area (Å²) in [6, 6.07) is 7.48. The molecule has 1 fully saturated rings. The van der Waals surface area contributed by atoms with Crippen molar-refractivity contribution in [1.29, 1.82) is 0 Å². The van der Waals surface area contributed by atoms with E-state index in [9.17, 15) is 0 Å². The third kappa shape index (κ3) is 4.72. The molecule has 3 heteroatoms. The highest BCUT2D eigenvalue weighted by Gasteiger charge is 2.23. The summed E-state index contributed by atoms with van der Waals surface area (Å²) in [6.45, 7) is 9.92. The van der Waals surface area contributed by atoms with Gasteiger partial charge < -0.3 is 10.2 Å². The van der Waals surface area contributed by atoms with Crippen LogP contribution in [0.15, 0.2) is 22.7 Å². The van der Waals surface area contributed by atoms with Gasteiger partial charge in [-0.3, -0.25) is 0 Å². The first-order valence-electron chi connectivity index (χ1n) is 8.37. The van der Waals surface area contributed by atoms with E-state index in [1.165, 1.54) is 41.4 Å². The van der Waals surface area contributed by atoms with Crippen molar-refractivity contribution in [2.75, 3.05) is 18.0 Å². The van der Waals surface area contributed by atoms with Crippen molar-refractivity contribution in [2.24, 2.45) is 5.92 Å². The molecule has 21 heavy (non-hydrogen) atoms. The molecule has 0 spiro atoms. The van der Waals surface area contributed by atoms with E-state index in [0.29, 0.717) is 5.92 Å². The topological polar surface area (TPSA) is 15.3 Å². The molecule has 0 amide bonds. The van der Waals surface area contributed by atoms with Gasteiger partial charge in [0.15, 0.2) is 0 Å². The van der Waals surface area contributed by atoms with E-state index >= 15 is 0 Å². The Labute approximate surface area is 138 Å². The molecule has 1 saturated carbocycles. The van der Waals surface area contributed by atoms with Gasteiger partial charge >= 0.3 is 0 Å². The van der Waals surface area contributed by atoms with E-state index in [2.05, 4.69) is 65.1 Å². The molecule has 1 aromatic carbocycles. The van der Waals surface area contributed by atoms with Crippen LogP contribution in [0.2, 0.25) is 0 Å². The molecule has 0 saturated heterocycles. The summed E-state index contributed by atoms with van der Waals surface area (Å²) in [4.78, 5) is 2.62. The predicted molar refractivity (Wildman–Crippen MR) is 96.0 cm³/mol. The maximum absolute atomic E-state index is 3.63. The Morgan fingerprint density at radius 1 is 1.29 bits per heavy atom. The number of benzene rings is 1. The molecule has 118 valence electrons. The number of nitrogens with one attached hydrogen (secondary N) is 1. The molecule has 0 bridgehead atoms. The van der Waals surface area contributed by atoms with Gasteiger partial charge in [0, 0.05) is 29.3 Å². The van der Waals surface area contributed by atoms with Gasteiger partial charge in [-0.05, 0) is 56.0 Å². The molecular weight excluding hydrogens is 324 g/mol. The van der Waals surface area contributed by atoms with Crippen LogP contribution >= 0.6 is 15.9 Å².